The van der Waals surface area contributed by atoms with Gasteiger partial charge in [0.15, 0.2) is 0 Å². The molecule has 0 saturated carbocycles. The Morgan fingerprint density at radius 3 is 2.53 bits per heavy atom. The van der Waals surface area contributed by atoms with Crippen molar-refractivity contribution in [2.24, 2.45) is 0 Å². The van der Waals surface area contributed by atoms with Gasteiger partial charge in [0.25, 0.3) is 5.69 Å². The molecule has 2 aromatic rings. The molecule has 2 N–H and O–H groups in total. The van der Waals surface area contributed by atoms with E-state index in [2.05, 4.69) is 10.6 Å². The number of carbonyl (C=O) groups is 1. The molecule has 0 radical (unpaired) electrons. The van der Waals surface area contributed by atoms with Crippen LogP contribution in [0.25, 0.3) is 0 Å². The number of rotatable bonds is 8. The van der Waals surface area contributed by atoms with Crippen LogP contribution in [0.15, 0.2) is 53.4 Å². The maximum absolute atomic E-state index is 12.8. The van der Waals surface area contributed by atoms with E-state index in [-0.39, 0.29) is 29.5 Å². The standard InChI is InChI=1S/C20H24N4O5S/c25-20(11-12-21-18-9-2-3-10-19(18)24(26)27)22-16-7-6-8-17(15-16)30(28,29)23-13-4-1-5-14-23/h2-3,6-10,15,21H,1,4-5,11-14H2,(H,22,25). The van der Waals surface area contributed by atoms with Gasteiger partial charge in [-0.25, -0.2) is 8.42 Å². The van der Waals surface area contributed by atoms with Crippen molar-refractivity contribution in [3.8, 4) is 0 Å². The third-order valence-electron chi connectivity index (χ3n) is 4.84. The van der Waals surface area contributed by atoms with Gasteiger partial charge in [0, 0.05) is 37.8 Å². The Hall–Kier alpha value is -2.98. The topological polar surface area (TPSA) is 122 Å². The molecule has 9 nitrogen and oxygen atoms in total. The van der Waals surface area contributed by atoms with Crippen LogP contribution in [0.4, 0.5) is 17.1 Å². The van der Waals surface area contributed by atoms with E-state index in [9.17, 15) is 23.3 Å². The first-order valence-corrected chi connectivity index (χ1v) is 11.2. The SMILES string of the molecule is O=C(CCNc1ccccc1[N+](=O)[O-])Nc1cccc(S(=O)(=O)N2CCCCC2)c1. The summed E-state index contributed by atoms with van der Waals surface area (Å²) in [6.45, 7) is 1.22. The van der Waals surface area contributed by atoms with Crippen LogP contribution in [0, 0.1) is 10.1 Å². The molecule has 2 aromatic carbocycles. The quantitative estimate of drug-likeness (QED) is 0.488. The Morgan fingerprint density at radius 1 is 1.07 bits per heavy atom. The van der Waals surface area contributed by atoms with Gasteiger partial charge in [-0.05, 0) is 37.1 Å². The normalized spacial score (nSPS) is 14.8. The minimum absolute atomic E-state index is 0.0615. The lowest BCUT2D eigenvalue weighted by molar-refractivity contribution is -0.384. The lowest BCUT2D eigenvalue weighted by atomic mass is 10.2. The van der Waals surface area contributed by atoms with E-state index in [0.29, 0.717) is 24.5 Å². The second kappa shape index (κ2) is 9.68. The Morgan fingerprint density at radius 2 is 1.80 bits per heavy atom. The van der Waals surface area contributed by atoms with E-state index in [1.165, 1.54) is 22.5 Å². The Kier molecular flexibility index (Phi) is 7.01. The second-order valence-electron chi connectivity index (χ2n) is 6.99. The van der Waals surface area contributed by atoms with Crippen molar-refractivity contribution in [1.29, 1.82) is 0 Å². The Bertz CT molecular complexity index is 1020. The molecule has 0 unspecified atom stereocenters. The fourth-order valence-corrected chi connectivity index (χ4v) is 4.87. The number of nitrogens with zero attached hydrogens (tertiary/aromatic N) is 2. The monoisotopic (exact) mass is 432 g/mol. The average molecular weight is 433 g/mol. The molecule has 1 fully saturated rings. The van der Waals surface area contributed by atoms with Crippen molar-refractivity contribution in [2.75, 3.05) is 30.3 Å². The molecule has 30 heavy (non-hydrogen) atoms. The highest BCUT2D eigenvalue weighted by Crippen LogP contribution is 2.24. The maximum atomic E-state index is 12.8. The van der Waals surface area contributed by atoms with Crippen molar-refractivity contribution >= 4 is 33.0 Å². The molecular formula is C20H24N4O5S. The van der Waals surface area contributed by atoms with Crippen molar-refractivity contribution in [2.45, 2.75) is 30.6 Å². The van der Waals surface area contributed by atoms with Gasteiger partial charge in [-0.2, -0.15) is 4.31 Å². The van der Waals surface area contributed by atoms with Crippen LogP contribution >= 0.6 is 0 Å². The Labute approximate surface area is 175 Å². The number of hydrogen-bond acceptors (Lipinski definition) is 6. The summed E-state index contributed by atoms with van der Waals surface area (Å²) in [5.41, 5.74) is 0.669. The van der Waals surface area contributed by atoms with Gasteiger partial charge >= 0.3 is 0 Å². The number of para-hydroxylation sites is 2. The van der Waals surface area contributed by atoms with Crippen LogP contribution in [0.1, 0.15) is 25.7 Å². The number of sulfonamides is 1. The summed E-state index contributed by atoms with van der Waals surface area (Å²) in [6.07, 6.45) is 2.79. The smallest absolute Gasteiger partial charge is 0.292 e. The summed E-state index contributed by atoms with van der Waals surface area (Å²) in [5.74, 6) is -0.325. The lowest BCUT2D eigenvalue weighted by Crippen LogP contribution is -2.35. The molecule has 1 saturated heterocycles. The van der Waals surface area contributed by atoms with Crippen LogP contribution in [-0.4, -0.2) is 43.2 Å². The van der Waals surface area contributed by atoms with Crippen LogP contribution in [-0.2, 0) is 14.8 Å². The van der Waals surface area contributed by atoms with Gasteiger partial charge in [0.2, 0.25) is 15.9 Å². The first-order valence-electron chi connectivity index (χ1n) is 9.75. The Balaban J connectivity index is 1.58. The zero-order valence-corrected chi connectivity index (χ0v) is 17.2. The molecule has 3 rings (SSSR count). The number of hydrogen-bond donors (Lipinski definition) is 2. The predicted octanol–water partition coefficient (Wildman–Crippen LogP) is 3.21. The molecule has 0 aliphatic carbocycles. The number of carbonyl (C=O) groups excluding carboxylic acids is 1. The van der Waals surface area contributed by atoms with E-state index in [1.807, 2.05) is 0 Å². The third kappa shape index (κ3) is 5.33. The number of nitrogens with one attached hydrogen (secondary N) is 2. The van der Waals surface area contributed by atoms with Crippen LogP contribution < -0.4 is 10.6 Å². The van der Waals surface area contributed by atoms with Crippen molar-refractivity contribution < 1.29 is 18.1 Å². The highest BCUT2D eigenvalue weighted by Gasteiger charge is 2.26. The number of amides is 1. The average Bonchev–Trinajstić information content (AvgIpc) is 2.75. The first-order chi connectivity index (χ1) is 14.4. The molecule has 1 aliphatic rings. The minimum Gasteiger partial charge on any atom is -0.379 e. The third-order valence-corrected chi connectivity index (χ3v) is 6.73. The number of anilines is 2. The number of benzene rings is 2. The summed E-state index contributed by atoms with van der Waals surface area (Å²) >= 11 is 0. The summed E-state index contributed by atoms with van der Waals surface area (Å²) in [6, 6.07) is 12.4. The minimum atomic E-state index is -3.58. The molecule has 160 valence electrons. The molecule has 1 aliphatic heterocycles. The van der Waals surface area contributed by atoms with Gasteiger partial charge in [0.1, 0.15) is 5.69 Å². The molecular weight excluding hydrogens is 408 g/mol. The zero-order chi connectivity index (χ0) is 21.6. The highest BCUT2D eigenvalue weighted by molar-refractivity contribution is 7.89. The van der Waals surface area contributed by atoms with Gasteiger partial charge in [0.05, 0.1) is 9.82 Å². The van der Waals surface area contributed by atoms with Crippen LogP contribution in [0.3, 0.4) is 0 Å². The first kappa shape index (κ1) is 21.7. The summed E-state index contributed by atoms with van der Waals surface area (Å²) in [5, 5.41) is 16.6. The van der Waals surface area contributed by atoms with Crippen LogP contribution in [0.2, 0.25) is 0 Å². The molecule has 0 spiro atoms. The summed E-state index contributed by atoms with van der Waals surface area (Å²) in [4.78, 5) is 22.9. The zero-order valence-electron chi connectivity index (χ0n) is 16.4. The summed E-state index contributed by atoms with van der Waals surface area (Å²) < 4.78 is 27.1. The molecule has 0 bridgehead atoms. The van der Waals surface area contributed by atoms with E-state index in [0.717, 1.165) is 19.3 Å². The molecule has 10 heteroatoms. The number of piperidine rings is 1. The summed E-state index contributed by atoms with van der Waals surface area (Å²) in [7, 11) is -3.58. The highest BCUT2D eigenvalue weighted by atomic mass is 32.2. The van der Waals surface area contributed by atoms with Gasteiger partial charge < -0.3 is 10.6 Å². The fraction of sp³-hybridized carbons (Fsp3) is 0.350. The largest absolute Gasteiger partial charge is 0.379 e. The lowest BCUT2D eigenvalue weighted by Gasteiger charge is -2.26. The second-order valence-corrected chi connectivity index (χ2v) is 8.93. The molecule has 0 aromatic heterocycles. The van der Waals surface area contributed by atoms with E-state index < -0.39 is 14.9 Å². The fourth-order valence-electron chi connectivity index (χ4n) is 3.31. The van der Waals surface area contributed by atoms with E-state index in [1.54, 1.807) is 30.3 Å². The number of nitro groups is 1. The van der Waals surface area contributed by atoms with Gasteiger partial charge in [-0.1, -0.05) is 24.6 Å². The molecule has 1 heterocycles. The van der Waals surface area contributed by atoms with Crippen molar-refractivity contribution in [1.82, 2.24) is 4.31 Å². The predicted molar refractivity (Wildman–Crippen MR) is 114 cm³/mol. The van der Waals surface area contributed by atoms with Crippen molar-refractivity contribution in [3.63, 3.8) is 0 Å². The van der Waals surface area contributed by atoms with Gasteiger partial charge in [-0.3, -0.25) is 14.9 Å². The molecule has 1 amide bonds. The van der Waals surface area contributed by atoms with E-state index >= 15 is 0 Å². The van der Waals surface area contributed by atoms with Crippen molar-refractivity contribution in [3.05, 3.63) is 58.6 Å². The van der Waals surface area contributed by atoms with E-state index in [4.69, 9.17) is 0 Å². The number of nitro benzene ring substituents is 1. The van der Waals surface area contributed by atoms with Crippen LogP contribution in [0.5, 0.6) is 0 Å². The maximum Gasteiger partial charge on any atom is 0.292 e. The molecule has 0 atom stereocenters. The van der Waals surface area contributed by atoms with Gasteiger partial charge in [-0.15, -0.1) is 0 Å².